The number of carbonyl (C=O) groups excluding carboxylic acids is 2. The SMILES string of the molecule is CC(C)=CCC/C(C)=C/CC(C=O)C(=O)c1ccccc1O. The van der Waals surface area contributed by atoms with Gasteiger partial charge in [-0.3, -0.25) is 4.79 Å². The van der Waals surface area contributed by atoms with E-state index in [2.05, 4.69) is 19.9 Å². The number of carbonyl (C=O) groups is 2. The highest BCUT2D eigenvalue weighted by Gasteiger charge is 2.20. The van der Waals surface area contributed by atoms with Crippen molar-refractivity contribution in [1.82, 2.24) is 0 Å². The Morgan fingerprint density at radius 1 is 1.18 bits per heavy atom. The molecule has 3 nitrogen and oxygen atoms in total. The zero-order valence-electron chi connectivity index (χ0n) is 13.5. The van der Waals surface area contributed by atoms with Crippen LogP contribution >= 0.6 is 0 Å². The molecule has 0 saturated carbocycles. The first kappa shape index (κ1) is 17.9. The molecular weight excluding hydrogens is 276 g/mol. The number of ketones is 1. The molecule has 1 rings (SSSR count). The molecule has 0 fully saturated rings. The lowest BCUT2D eigenvalue weighted by Crippen LogP contribution is -2.15. The molecule has 118 valence electrons. The van der Waals surface area contributed by atoms with Gasteiger partial charge in [-0.15, -0.1) is 0 Å². The third-order valence-corrected chi connectivity index (χ3v) is 3.48. The van der Waals surface area contributed by atoms with Crippen LogP contribution in [0.25, 0.3) is 0 Å². The normalized spacial score (nSPS) is 12.6. The molecule has 0 amide bonds. The molecule has 1 aromatic rings. The van der Waals surface area contributed by atoms with E-state index in [4.69, 9.17) is 0 Å². The number of hydrogen-bond donors (Lipinski definition) is 1. The number of phenols is 1. The third kappa shape index (κ3) is 5.68. The van der Waals surface area contributed by atoms with Gasteiger partial charge in [0.05, 0.1) is 11.5 Å². The van der Waals surface area contributed by atoms with E-state index in [0.29, 0.717) is 12.7 Å². The number of rotatable bonds is 8. The van der Waals surface area contributed by atoms with Gasteiger partial charge in [0.25, 0.3) is 0 Å². The summed E-state index contributed by atoms with van der Waals surface area (Å²) in [5.41, 5.74) is 2.65. The largest absolute Gasteiger partial charge is 0.507 e. The number of phenolic OH excluding ortho intramolecular Hbond substituents is 1. The molecule has 0 aliphatic rings. The highest BCUT2D eigenvalue weighted by atomic mass is 16.3. The zero-order chi connectivity index (χ0) is 16.5. The Morgan fingerprint density at radius 2 is 1.86 bits per heavy atom. The van der Waals surface area contributed by atoms with E-state index in [1.807, 2.05) is 13.0 Å². The lowest BCUT2D eigenvalue weighted by molar-refractivity contribution is -0.109. The van der Waals surface area contributed by atoms with E-state index in [0.717, 1.165) is 18.4 Å². The maximum Gasteiger partial charge on any atom is 0.177 e. The van der Waals surface area contributed by atoms with Crippen molar-refractivity contribution in [2.45, 2.75) is 40.0 Å². The second-order valence-electron chi connectivity index (χ2n) is 5.73. The lowest BCUT2D eigenvalue weighted by atomic mass is 9.94. The van der Waals surface area contributed by atoms with Crippen LogP contribution in [0.1, 0.15) is 50.4 Å². The summed E-state index contributed by atoms with van der Waals surface area (Å²) < 4.78 is 0. The van der Waals surface area contributed by atoms with Crippen molar-refractivity contribution in [3.8, 4) is 5.75 Å². The van der Waals surface area contributed by atoms with Gasteiger partial charge in [0.2, 0.25) is 0 Å². The van der Waals surface area contributed by atoms with Gasteiger partial charge in [-0.1, -0.05) is 35.4 Å². The second-order valence-corrected chi connectivity index (χ2v) is 5.73. The fraction of sp³-hybridized carbons (Fsp3) is 0.368. The molecule has 1 atom stereocenters. The van der Waals surface area contributed by atoms with E-state index >= 15 is 0 Å². The van der Waals surface area contributed by atoms with Gasteiger partial charge in [0, 0.05) is 0 Å². The van der Waals surface area contributed by atoms with Gasteiger partial charge in [0.15, 0.2) is 5.78 Å². The van der Waals surface area contributed by atoms with Crippen LogP contribution in [0.2, 0.25) is 0 Å². The summed E-state index contributed by atoms with van der Waals surface area (Å²) in [6, 6.07) is 6.32. The van der Waals surface area contributed by atoms with E-state index in [9.17, 15) is 14.7 Å². The first-order valence-corrected chi connectivity index (χ1v) is 7.52. The molecular formula is C19H24O3. The van der Waals surface area contributed by atoms with Gasteiger partial charge < -0.3 is 9.90 Å². The van der Waals surface area contributed by atoms with E-state index in [1.165, 1.54) is 11.6 Å². The van der Waals surface area contributed by atoms with Gasteiger partial charge >= 0.3 is 0 Å². The average Bonchev–Trinajstić information content (AvgIpc) is 2.47. The highest BCUT2D eigenvalue weighted by Crippen LogP contribution is 2.21. The van der Waals surface area contributed by atoms with Crippen LogP contribution in [0.5, 0.6) is 5.75 Å². The molecule has 1 aromatic carbocycles. The van der Waals surface area contributed by atoms with Crippen LogP contribution in [-0.4, -0.2) is 17.2 Å². The highest BCUT2D eigenvalue weighted by molar-refractivity contribution is 6.07. The summed E-state index contributed by atoms with van der Waals surface area (Å²) in [4.78, 5) is 23.5. The van der Waals surface area contributed by atoms with E-state index in [-0.39, 0.29) is 17.1 Å². The smallest absolute Gasteiger partial charge is 0.177 e. The maximum atomic E-state index is 12.3. The Bertz CT molecular complexity index is 578. The number of aromatic hydroxyl groups is 1. The van der Waals surface area contributed by atoms with Crippen LogP contribution < -0.4 is 0 Å². The van der Waals surface area contributed by atoms with Crippen LogP contribution in [-0.2, 0) is 4.79 Å². The van der Waals surface area contributed by atoms with Crippen LogP contribution in [0.3, 0.4) is 0 Å². The summed E-state index contributed by atoms with van der Waals surface area (Å²) in [6.07, 6.45) is 7.02. The van der Waals surface area contributed by atoms with Crippen molar-refractivity contribution < 1.29 is 14.7 Å². The van der Waals surface area contributed by atoms with Crippen molar-refractivity contribution in [1.29, 1.82) is 0 Å². The molecule has 0 bridgehead atoms. The summed E-state index contributed by atoms with van der Waals surface area (Å²) in [5.74, 6) is -1.16. The Kier molecular flexibility index (Phi) is 7.30. The van der Waals surface area contributed by atoms with E-state index in [1.54, 1.807) is 18.2 Å². The molecule has 22 heavy (non-hydrogen) atoms. The van der Waals surface area contributed by atoms with Gasteiger partial charge in [0.1, 0.15) is 12.0 Å². The minimum absolute atomic E-state index is 0.0800. The lowest BCUT2D eigenvalue weighted by Gasteiger charge is -2.09. The molecule has 1 N–H and O–H groups in total. The monoisotopic (exact) mass is 300 g/mol. The van der Waals surface area contributed by atoms with E-state index < -0.39 is 5.92 Å². The quantitative estimate of drug-likeness (QED) is 0.333. The third-order valence-electron chi connectivity index (χ3n) is 3.48. The Morgan fingerprint density at radius 3 is 2.45 bits per heavy atom. The number of para-hydroxylation sites is 1. The van der Waals surface area contributed by atoms with Crippen LogP contribution in [0.4, 0.5) is 0 Å². The summed E-state index contributed by atoms with van der Waals surface area (Å²) in [6.45, 7) is 6.13. The first-order valence-electron chi connectivity index (χ1n) is 7.52. The summed E-state index contributed by atoms with van der Waals surface area (Å²) in [5, 5.41) is 9.71. The maximum absolute atomic E-state index is 12.3. The number of hydrogen-bond acceptors (Lipinski definition) is 3. The molecule has 0 spiro atoms. The molecule has 0 aromatic heterocycles. The van der Waals surface area contributed by atoms with Crippen molar-refractivity contribution >= 4 is 12.1 Å². The molecule has 0 saturated heterocycles. The molecule has 0 heterocycles. The summed E-state index contributed by atoms with van der Waals surface area (Å²) in [7, 11) is 0. The van der Waals surface area contributed by atoms with Crippen molar-refractivity contribution in [3.05, 3.63) is 53.1 Å². The van der Waals surface area contributed by atoms with Gasteiger partial charge in [-0.05, 0) is 52.2 Å². The predicted molar refractivity (Wildman–Crippen MR) is 89.0 cm³/mol. The number of aldehydes is 1. The molecule has 0 aliphatic heterocycles. The Hall–Kier alpha value is -2.16. The summed E-state index contributed by atoms with van der Waals surface area (Å²) >= 11 is 0. The molecule has 3 heteroatoms. The molecule has 1 unspecified atom stereocenters. The average molecular weight is 300 g/mol. The molecule has 0 radical (unpaired) electrons. The second kappa shape index (κ2) is 8.98. The minimum atomic E-state index is -0.744. The number of allylic oxidation sites excluding steroid dienone is 4. The Labute approximate surface area is 132 Å². The topological polar surface area (TPSA) is 54.4 Å². The van der Waals surface area contributed by atoms with Crippen LogP contribution in [0.15, 0.2) is 47.6 Å². The Balaban J connectivity index is 2.69. The standard InChI is InChI=1S/C19H24O3/c1-14(2)7-6-8-15(3)11-12-16(13-20)19(22)17-9-4-5-10-18(17)21/h4-5,7,9-11,13,16,21H,6,8,12H2,1-3H3/b15-11+. The zero-order valence-corrected chi connectivity index (χ0v) is 13.5. The fourth-order valence-corrected chi connectivity index (χ4v) is 2.12. The predicted octanol–water partition coefficient (Wildman–Crippen LogP) is 4.47. The number of Topliss-reactive ketones (excluding diaryl/α,β-unsaturated/α-hetero) is 1. The van der Waals surface area contributed by atoms with Crippen molar-refractivity contribution in [2.75, 3.05) is 0 Å². The first-order chi connectivity index (χ1) is 10.5. The number of benzene rings is 1. The van der Waals surface area contributed by atoms with Crippen molar-refractivity contribution in [3.63, 3.8) is 0 Å². The molecule has 0 aliphatic carbocycles. The van der Waals surface area contributed by atoms with Crippen molar-refractivity contribution in [2.24, 2.45) is 5.92 Å². The van der Waals surface area contributed by atoms with Gasteiger partial charge in [-0.25, -0.2) is 0 Å². The minimum Gasteiger partial charge on any atom is -0.507 e. The fourth-order valence-electron chi connectivity index (χ4n) is 2.12. The van der Waals surface area contributed by atoms with Crippen LogP contribution in [0, 0.1) is 5.92 Å². The van der Waals surface area contributed by atoms with Gasteiger partial charge in [-0.2, -0.15) is 0 Å².